The lowest BCUT2D eigenvalue weighted by Crippen LogP contribution is -2.31. The van der Waals surface area contributed by atoms with Gasteiger partial charge in [0.2, 0.25) is 15.9 Å². The Morgan fingerprint density at radius 3 is 2.57 bits per heavy atom. The molecule has 1 amide bonds. The summed E-state index contributed by atoms with van der Waals surface area (Å²) >= 11 is 0. The van der Waals surface area contributed by atoms with Crippen LogP contribution in [0.3, 0.4) is 0 Å². The molecule has 0 aliphatic rings. The third kappa shape index (κ3) is 4.58. The van der Waals surface area contributed by atoms with E-state index >= 15 is 0 Å². The Balaban J connectivity index is 1.74. The minimum atomic E-state index is -3.64. The Labute approximate surface area is 176 Å². The lowest BCUT2D eigenvalue weighted by Gasteiger charge is -2.20. The highest BCUT2D eigenvalue weighted by molar-refractivity contribution is 7.89. The molecule has 158 valence electrons. The number of aryl methyl sites for hydroxylation is 1. The zero-order valence-electron chi connectivity index (χ0n) is 17.1. The standard InChI is InChI=1S/C21H24N4O4S/c1-4-25(5-2)30(27,28)19-12-16(11-10-15(19)3)24-20(26)13-29-21-17-8-6-7-9-18(17)22-14-23-21/h6-12,14H,4-5,13H2,1-3H3,(H,24,26). The van der Waals surface area contributed by atoms with Crippen molar-refractivity contribution in [2.75, 3.05) is 25.0 Å². The number of fused-ring (bicyclic) bond motifs is 1. The van der Waals surface area contributed by atoms with Crippen molar-refractivity contribution >= 4 is 32.5 Å². The predicted octanol–water partition coefficient (Wildman–Crippen LogP) is 2.99. The van der Waals surface area contributed by atoms with E-state index in [1.165, 1.54) is 16.7 Å². The van der Waals surface area contributed by atoms with Gasteiger partial charge in [-0.1, -0.05) is 32.0 Å². The Hall–Kier alpha value is -3.04. The van der Waals surface area contributed by atoms with Crippen molar-refractivity contribution in [3.05, 3.63) is 54.4 Å². The summed E-state index contributed by atoms with van der Waals surface area (Å²) in [6.45, 7) is 5.77. The summed E-state index contributed by atoms with van der Waals surface area (Å²) < 4.78 is 32.7. The average Bonchev–Trinajstić information content (AvgIpc) is 2.74. The molecule has 0 saturated carbocycles. The second-order valence-corrected chi connectivity index (χ2v) is 8.51. The molecule has 0 spiro atoms. The predicted molar refractivity (Wildman–Crippen MR) is 115 cm³/mol. The van der Waals surface area contributed by atoms with E-state index in [0.717, 1.165) is 0 Å². The van der Waals surface area contributed by atoms with E-state index in [4.69, 9.17) is 4.74 Å². The summed E-state index contributed by atoms with van der Waals surface area (Å²) in [4.78, 5) is 20.8. The molecular formula is C21H24N4O4S. The SMILES string of the molecule is CCN(CC)S(=O)(=O)c1cc(NC(=O)COc2ncnc3ccccc23)ccc1C. The largest absolute Gasteiger partial charge is 0.467 e. The zero-order chi connectivity index (χ0) is 21.7. The number of para-hydroxylation sites is 1. The number of rotatable bonds is 8. The van der Waals surface area contributed by atoms with Crippen molar-refractivity contribution in [3.63, 3.8) is 0 Å². The maximum absolute atomic E-state index is 12.9. The van der Waals surface area contributed by atoms with E-state index in [1.807, 2.05) is 24.3 Å². The first-order valence-electron chi connectivity index (χ1n) is 9.60. The van der Waals surface area contributed by atoms with E-state index in [0.29, 0.717) is 41.1 Å². The Kier molecular flexibility index (Phi) is 6.63. The fourth-order valence-electron chi connectivity index (χ4n) is 3.08. The van der Waals surface area contributed by atoms with E-state index in [1.54, 1.807) is 32.9 Å². The normalized spacial score (nSPS) is 11.6. The van der Waals surface area contributed by atoms with Crippen LogP contribution in [0.15, 0.2) is 53.7 Å². The number of hydrogen-bond donors (Lipinski definition) is 1. The van der Waals surface area contributed by atoms with Gasteiger partial charge in [0.15, 0.2) is 6.61 Å². The van der Waals surface area contributed by atoms with Crippen LogP contribution in [0.4, 0.5) is 5.69 Å². The first-order chi connectivity index (χ1) is 14.4. The Morgan fingerprint density at radius 1 is 1.10 bits per heavy atom. The highest BCUT2D eigenvalue weighted by Gasteiger charge is 2.24. The molecule has 30 heavy (non-hydrogen) atoms. The summed E-state index contributed by atoms with van der Waals surface area (Å²) in [5, 5.41) is 3.39. The molecule has 1 aromatic heterocycles. The van der Waals surface area contributed by atoms with Gasteiger partial charge in [0, 0.05) is 18.8 Å². The van der Waals surface area contributed by atoms with Crippen LogP contribution >= 0.6 is 0 Å². The van der Waals surface area contributed by atoms with Gasteiger partial charge in [-0.15, -0.1) is 0 Å². The molecule has 0 radical (unpaired) electrons. The van der Waals surface area contributed by atoms with Gasteiger partial charge in [-0.2, -0.15) is 4.31 Å². The molecule has 0 aliphatic heterocycles. The lowest BCUT2D eigenvalue weighted by atomic mass is 10.2. The average molecular weight is 429 g/mol. The number of nitrogens with zero attached hydrogens (tertiary/aromatic N) is 3. The van der Waals surface area contributed by atoms with E-state index in [-0.39, 0.29) is 11.5 Å². The van der Waals surface area contributed by atoms with Gasteiger partial charge in [0.1, 0.15) is 6.33 Å². The number of benzene rings is 2. The van der Waals surface area contributed by atoms with Crippen LogP contribution in [0, 0.1) is 6.92 Å². The zero-order valence-corrected chi connectivity index (χ0v) is 17.9. The van der Waals surface area contributed by atoms with Crippen LogP contribution in [-0.2, 0) is 14.8 Å². The van der Waals surface area contributed by atoms with Crippen LogP contribution in [0.1, 0.15) is 19.4 Å². The summed E-state index contributed by atoms with van der Waals surface area (Å²) in [7, 11) is -3.64. The minimum Gasteiger partial charge on any atom is -0.467 e. The smallest absolute Gasteiger partial charge is 0.262 e. The topological polar surface area (TPSA) is 101 Å². The number of nitrogens with one attached hydrogen (secondary N) is 1. The summed E-state index contributed by atoms with van der Waals surface area (Å²) in [6.07, 6.45) is 1.37. The molecule has 3 rings (SSSR count). The third-order valence-electron chi connectivity index (χ3n) is 4.64. The van der Waals surface area contributed by atoms with Crippen molar-refractivity contribution in [1.82, 2.24) is 14.3 Å². The Bertz CT molecular complexity index is 1160. The molecule has 0 bridgehead atoms. The number of carbonyl (C=O) groups excluding carboxylic acids is 1. The number of ether oxygens (including phenoxy) is 1. The van der Waals surface area contributed by atoms with Crippen LogP contribution < -0.4 is 10.1 Å². The first kappa shape index (κ1) is 21.7. The highest BCUT2D eigenvalue weighted by atomic mass is 32.2. The summed E-state index contributed by atoms with van der Waals surface area (Å²) in [5.41, 5.74) is 1.71. The van der Waals surface area contributed by atoms with Crippen molar-refractivity contribution in [1.29, 1.82) is 0 Å². The van der Waals surface area contributed by atoms with Crippen LogP contribution in [0.25, 0.3) is 10.9 Å². The minimum absolute atomic E-state index is 0.173. The number of hydrogen-bond acceptors (Lipinski definition) is 6. The number of sulfonamides is 1. The molecule has 2 aromatic carbocycles. The molecule has 0 saturated heterocycles. The number of amides is 1. The van der Waals surface area contributed by atoms with E-state index < -0.39 is 15.9 Å². The second kappa shape index (κ2) is 9.19. The van der Waals surface area contributed by atoms with Crippen molar-refractivity contribution in [2.45, 2.75) is 25.7 Å². The van der Waals surface area contributed by atoms with Gasteiger partial charge >= 0.3 is 0 Å². The third-order valence-corrected chi connectivity index (χ3v) is 6.83. The van der Waals surface area contributed by atoms with Crippen LogP contribution in [-0.4, -0.2) is 48.3 Å². The van der Waals surface area contributed by atoms with Crippen molar-refractivity contribution in [3.8, 4) is 5.88 Å². The van der Waals surface area contributed by atoms with Gasteiger partial charge in [0.25, 0.3) is 5.91 Å². The second-order valence-electron chi connectivity index (χ2n) is 6.60. The van der Waals surface area contributed by atoms with Gasteiger partial charge in [-0.05, 0) is 36.8 Å². The molecule has 0 fully saturated rings. The molecule has 8 nitrogen and oxygen atoms in total. The van der Waals surface area contributed by atoms with Crippen LogP contribution in [0.5, 0.6) is 5.88 Å². The fraction of sp³-hybridized carbons (Fsp3) is 0.286. The van der Waals surface area contributed by atoms with E-state index in [2.05, 4.69) is 15.3 Å². The highest BCUT2D eigenvalue weighted by Crippen LogP contribution is 2.24. The van der Waals surface area contributed by atoms with Gasteiger partial charge in [-0.25, -0.2) is 18.4 Å². The molecule has 9 heteroatoms. The number of carbonyl (C=O) groups is 1. The molecule has 1 heterocycles. The number of anilines is 1. The fourth-order valence-corrected chi connectivity index (χ4v) is 4.79. The summed E-state index contributed by atoms with van der Waals surface area (Å²) in [5.74, 6) is -0.114. The number of aromatic nitrogens is 2. The molecule has 1 N–H and O–H groups in total. The first-order valence-corrected chi connectivity index (χ1v) is 11.0. The van der Waals surface area contributed by atoms with E-state index in [9.17, 15) is 13.2 Å². The Morgan fingerprint density at radius 2 is 1.83 bits per heavy atom. The molecule has 0 unspecified atom stereocenters. The quantitative estimate of drug-likeness (QED) is 0.592. The van der Waals surface area contributed by atoms with Gasteiger partial charge in [-0.3, -0.25) is 4.79 Å². The maximum Gasteiger partial charge on any atom is 0.262 e. The van der Waals surface area contributed by atoms with Gasteiger partial charge in [0.05, 0.1) is 15.8 Å². The van der Waals surface area contributed by atoms with Crippen LogP contribution in [0.2, 0.25) is 0 Å². The van der Waals surface area contributed by atoms with Crippen molar-refractivity contribution in [2.24, 2.45) is 0 Å². The summed E-state index contributed by atoms with van der Waals surface area (Å²) in [6, 6.07) is 12.1. The van der Waals surface area contributed by atoms with Crippen molar-refractivity contribution < 1.29 is 17.9 Å². The molecule has 0 aliphatic carbocycles. The molecule has 0 atom stereocenters. The lowest BCUT2D eigenvalue weighted by molar-refractivity contribution is -0.118. The van der Waals surface area contributed by atoms with Gasteiger partial charge < -0.3 is 10.1 Å². The maximum atomic E-state index is 12.9. The molecular weight excluding hydrogens is 404 g/mol. The monoisotopic (exact) mass is 428 g/mol. The molecule has 3 aromatic rings.